The van der Waals surface area contributed by atoms with Gasteiger partial charge in [-0.05, 0) is 49.3 Å². The van der Waals surface area contributed by atoms with Crippen LogP contribution in [0, 0.1) is 12.3 Å². The average molecular weight is 369 g/mol. The predicted octanol–water partition coefficient (Wildman–Crippen LogP) is 2.29. The summed E-state index contributed by atoms with van der Waals surface area (Å²) in [5.74, 6) is 1.80. The molecule has 0 unspecified atom stereocenters. The third kappa shape index (κ3) is 3.54. The van der Waals surface area contributed by atoms with Crippen LogP contribution in [-0.4, -0.2) is 40.7 Å². The Morgan fingerprint density at radius 2 is 2.15 bits per heavy atom. The highest BCUT2D eigenvalue weighted by molar-refractivity contribution is 5.93. The second-order valence-electron chi connectivity index (χ2n) is 7.72. The monoisotopic (exact) mass is 369 g/mol. The molecule has 0 aliphatic carbocycles. The number of fused-ring (bicyclic) bond motifs is 1. The average Bonchev–Trinajstić information content (AvgIpc) is 3.08. The third-order valence-corrected chi connectivity index (χ3v) is 5.29. The number of amides is 1. The highest BCUT2D eigenvalue weighted by Crippen LogP contribution is 2.37. The van der Waals surface area contributed by atoms with Gasteiger partial charge in [-0.15, -0.1) is 0 Å². The second kappa shape index (κ2) is 6.72. The molecule has 1 aromatic heterocycles. The van der Waals surface area contributed by atoms with Crippen LogP contribution in [0.15, 0.2) is 29.2 Å². The van der Waals surface area contributed by atoms with Crippen molar-refractivity contribution in [2.75, 3.05) is 19.9 Å². The number of H-pyrrole nitrogens is 1. The first-order valence-electron chi connectivity index (χ1n) is 9.17. The van der Waals surface area contributed by atoms with Crippen LogP contribution in [0.5, 0.6) is 11.5 Å². The number of likely N-dealkylation sites (tertiary alicyclic amines) is 1. The van der Waals surface area contributed by atoms with Gasteiger partial charge in [0.2, 0.25) is 6.79 Å². The first-order chi connectivity index (χ1) is 12.9. The zero-order valence-corrected chi connectivity index (χ0v) is 15.6. The Morgan fingerprint density at radius 1 is 1.33 bits per heavy atom. The van der Waals surface area contributed by atoms with Crippen molar-refractivity contribution in [3.8, 4) is 11.5 Å². The van der Waals surface area contributed by atoms with Crippen molar-refractivity contribution >= 4 is 5.91 Å². The Balaban J connectivity index is 1.51. The Labute approximate surface area is 157 Å². The molecule has 0 radical (unpaired) electrons. The molecule has 2 aliphatic heterocycles. The van der Waals surface area contributed by atoms with Gasteiger partial charge in [0.05, 0.1) is 0 Å². The SMILES string of the molecule is Cc1ncc(C(=O)N2CCC[C@@](C)(Cc3ccc4c(c3)OCO4)C2)c(=O)[nH]1. The van der Waals surface area contributed by atoms with Crippen molar-refractivity contribution in [2.24, 2.45) is 5.41 Å². The minimum Gasteiger partial charge on any atom is -0.454 e. The quantitative estimate of drug-likeness (QED) is 0.897. The molecule has 7 nitrogen and oxygen atoms in total. The summed E-state index contributed by atoms with van der Waals surface area (Å²) in [5.41, 5.74) is 0.821. The number of carbonyl (C=O) groups excluding carboxylic acids is 1. The lowest BCUT2D eigenvalue weighted by Crippen LogP contribution is -2.47. The molecule has 3 heterocycles. The van der Waals surface area contributed by atoms with Crippen molar-refractivity contribution in [3.63, 3.8) is 0 Å². The third-order valence-electron chi connectivity index (χ3n) is 5.29. The van der Waals surface area contributed by atoms with Gasteiger partial charge < -0.3 is 19.4 Å². The number of benzene rings is 1. The molecule has 2 aromatic rings. The number of aromatic nitrogens is 2. The van der Waals surface area contributed by atoms with Crippen LogP contribution in [0.4, 0.5) is 0 Å². The zero-order chi connectivity index (χ0) is 19.0. The van der Waals surface area contributed by atoms with Gasteiger partial charge >= 0.3 is 0 Å². The number of nitrogens with zero attached hydrogens (tertiary/aromatic N) is 2. The highest BCUT2D eigenvalue weighted by atomic mass is 16.7. The van der Waals surface area contributed by atoms with Gasteiger partial charge in [0.1, 0.15) is 11.4 Å². The van der Waals surface area contributed by atoms with Crippen LogP contribution >= 0.6 is 0 Å². The molecule has 1 N–H and O–H groups in total. The topological polar surface area (TPSA) is 84.5 Å². The number of rotatable bonds is 3. The number of aryl methyl sites for hydroxylation is 1. The minimum atomic E-state index is -0.379. The molecule has 1 amide bonds. The van der Waals surface area contributed by atoms with Crippen LogP contribution in [0.3, 0.4) is 0 Å². The van der Waals surface area contributed by atoms with Crippen molar-refractivity contribution in [1.82, 2.24) is 14.9 Å². The summed E-state index contributed by atoms with van der Waals surface area (Å²) in [6.07, 6.45) is 4.13. The van der Waals surface area contributed by atoms with Gasteiger partial charge in [-0.25, -0.2) is 4.98 Å². The summed E-state index contributed by atoms with van der Waals surface area (Å²) < 4.78 is 10.8. The van der Waals surface area contributed by atoms with E-state index < -0.39 is 0 Å². The lowest BCUT2D eigenvalue weighted by Gasteiger charge is -2.40. The number of piperidine rings is 1. The predicted molar refractivity (Wildman–Crippen MR) is 99.1 cm³/mol. The molecule has 1 aromatic carbocycles. The molecule has 0 spiro atoms. The molecule has 4 rings (SSSR count). The van der Waals surface area contributed by atoms with E-state index in [0.717, 1.165) is 36.3 Å². The fourth-order valence-electron chi connectivity index (χ4n) is 3.98. The largest absolute Gasteiger partial charge is 0.454 e. The molecule has 142 valence electrons. The van der Waals surface area contributed by atoms with Gasteiger partial charge in [-0.2, -0.15) is 0 Å². The van der Waals surface area contributed by atoms with E-state index in [-0.39, 0.29) is 29.2 Å². The van der Waals surface area contributed by atoms with E-state index in [1.165, 1.54) is 6.20 Å². The van der Waals surface area contributed by atoms with Crippen molar-refractivity contribution in [3.05, 3.63) is 51.7 Å². The molecule has 7 heteroatoms. The van der Waals surface area contributed by atoms with E-state index in [4.69, 9.17) is 9.47 Å². The molecule has 0 bridgehead atoms. The maximum Gasteiger partial charge on any atom is 0.263 e. The van der Waals surface area contributed by atoms with Gasteiger partial charge in [-0.1, -0.05) is 13.0 Å². The van der Waals surface area contributed by atoms with Crippen molar-refractivity contribution in [2.45, 2.75) is 33.1 Å². The summed E-state index contributed by atoms with van der Waals surface area (Å²) in [7, 11) is 0. The van der Waals surface area contributed by atoms with Gasteiger partial charge in [0, 0.05) is 19.3 Å². The summed E-state index contributed by atoms with van der Waals surface area (Å²) in [6.45, 7) is 5.40. The zero-order valence-electron chi connectivity index (χ0n) is 15.6. The fraction of sp³-hybridized carbons (Fsp3) is 0.450. The number of hydrogen-bond acceptors (Lipinski definition) is 5. The standard InChI is InChI=1S/C20H23N3O4/c1-13-21-10-15(18(24)22-13)19(25)23-7-3-6-20(2,11-23)9-14-4-5-16-17(8-14)27-12-26-16/h4-5,8,10H,3,6-7,9,11-12H2,1-2H3,(H,21,22,24)/t20-/m0/s1. The van der Waals surface area contributed by atoms with E-state index in [0.29, 0.717) is 18.9 Å². The summed E-state index contributed by atoms with van der Waals surface area (Å²) in [4.78, 5) is 33.4. The summed E-state index contributed by atoms with van der Waals surface area (Å²) in [5, 5.41) is 0. The van der Waals surface area contributed by atoms with Gasteiger partial charge in [0.25, 0.3) is 11.5 Å². The maximum absolute atomic E-state index is 12.9. The Bertz CT molecular complexity index is 939. The van der Waals surface area contributed by atoms with Crippen LogP contribution in [0.2, 0.25) is 0 Å². The minimum absolute atomic E-state index is 0.0630. The number of carbonyl (C=O) groups is 1. The molecule has 1 saturated heterocycles. The first-order valence-corrected chi connectivity index (χ1v) is 9.17. The number of hydrogen-bond donors (Lipinski definition) is 1. The first kappa shape index (κ1) is 17.6. The van der Waals surface area contributed by atoms with E-state index in [9.17, 15) is 9.59 Å². The lowest BCUT2D eigenvalue weighted by molar-refractivity contribution is 0.0548. The van der Waals surface area contributed by atoms with Crippen LogP contribution < -0.4 is 15.0 Å². The Hall–Kier alpha value is -2.83. The van der Waals surface area contributed by atoms with E-state index in [2.05, 4.69) is 16.9 Å². The van der Waals surface area contributed by atoms with Gasteiger partial charge in [-0.3, -0.25) is 9.59 Å². The molecular weight excluding hydrogens is 346 g/mol. The van der Waals surface area contributed by atoms with Crippen LogP contribution in [-0.2, 0) is 6.42 Å². The highest BCUT2D eigenvalue weighted by Gasteiger charge is 2.34. The number of nitrogens with one attached hydrogen (secondary N) is 1. The summed E-state index contributed by atoms with van der Waals surface area (Å²) in [6, 6.07) is 6.00. The van der Waals surface area contributed by atoms with Gasteiger partial charge in [0.15, 0.2) is 11.5 Å². The number of ether oxygens (including phenoxy) is 2. The van der Waals surface area contributed by atoms with Crippen LogP contribution in [0.1, 0.15) is 41.5 Å². The molecule has 1 fully saturated rings. The smallest absolute Gasteiger partial charge is 0.263 e. The molecule has 0 saturated carbocycles. The second-order valence-corrected chi connectivity index (χ2v) is 7.72. The summed E-state index contributed by atoms with van der Waals surface area (Å²) >= 11 is 0. The van der Waals surface area contributed by atoms with E-state index in [1.54, 1.807) is 11.8 Å². The maximum atomic E-state index is 12.9. The molecule has 27 heavy (non-hydrogen) atoms. The normalized spacial score (nSPS) is 21.3. The van der Waals surface area contributed by atoms with Crippen molar-refractivity contribution < 1.29 is 14.3 Å². The molecular formula is C20H23N3O4. The Morgan fingerprint density at radius 3 is 2.96 bits per heavy atom. The molecule has 1 atom stereocenters. The Kier molecular flexibility index (Phi) is 4.37. The lowest BCUT2D eigenvalue weighted by atomic mass is 9.76. The fourth-order valence-corrected chi connectivity index (χ4v) is 3.98. The van der Waals surface area contributed by atoms with Crippen LogP contribution in [0.25, 0.3) is 0 Å². The molecule has 2 aliphatic rings. The van der Waals surface area contributed by atoms with Crippen molar-refractivity contribution in [1.29, 1.82) is 0 Å². The van der Waals surface area contributed by atoms with E-state index in [1.807, 2.05) is 18.2 Å². The van der Waals surface area contributed by atoms with E-state index >= 15 is 0 Å². The number of aromatic amines is 1.